The smallest absolute Gasteiger partial charge is 0.188 e. The molecule has 0 atom stereocenters. The average molecular weight is 303 g/mol. The van der Waals surface area contributed by atoms with Crippen molar-refractivity contribution in [1.29, 1.82) is 0 Å². The molecule has 0 bridgehead atoms. The van der Waals surface area contributed by atoms with Crippen LogP contribution in [0.3, 0.4) is 0 Å². The summed E-state index contributed by atoms with van der Waals surface area (Å²) in [5.74, 6) is 1.09. The second-order valence-corrected chi connectivity index (χ2v) is 6.67. The third-order valence-electron chi connectivity index (χ3n) is 3.48. The van der Waals surface area contributed by atoms with Gasteiger partial charge in [-0.1, -0.05) is 12.1 Å². The Bertz CT molecular complexity index is 619. The minimum Gasteiger partial charge on any atom is -0.507 e. The summed E-state index contributed by atoms with van der Waals surface area (Å²) in [5.41, 5.74) is 2.91. The molecule has 0 aliphatic carbocycles. The normalized spacial score (nSPS) is 11.9. The van der Waals surface area contributed by atoms with E-state index >= 15 is 0 Å². The van der Waals surface area contributed by atoms with Gasteiger partial charge in [0.05, 0.1) is 12.1 Å². The first-order chi connectivity index (χ1) is 10.3. The van der Waals surface area contributed by atoms with E-state index < -0.39 is 0 Å². The number of benzene rings is 1. The lowest BCUT2D eigenvalue weighted by Crippen LogP contribution is -2.25. The van der Waals surface area contributed by atoms with E-state index in [0.29, 0.717) is 18.1 Å². The fourth-order valence-electron chi connectivity index (χ4n) is 2.22. The molecule has 0 aliphatic rings. The minimum absolute atomic E-state index is 0.146. The summed E-state index contributed by atoms with van der Waals surface area (Å²) >= 11 is 0. The lowest BCUT2D eigenvalue weighted by molar-refractivity contribution is 0.305. The highest BCUT2D eigenvalue weighted by molar-refractivity contribution is 5.42. The molecule has 2 aromatic rings. The van der Waals surface area contributed by atoms with Gasteiger partial charge in [-0.3, -0.25) is 0 Å². The van der Waals surface area contributed by atoms with E-state index in [2.05, 4.69) is 20.7 Å². The first-order valence-corrected chi connectivity index (χ1v) is 7.56. The number of phenols is 1. The topological polar surface area (TPSA) is 75.9 Å². The number of hydrogen-bond acceptors (Lipinski definition) is 5. The van der Waals surface area contributed by atoms with Crippen LogP contribution < -0.4 is 5.32 Å². The van der Waals surface area contributed by atoms with Gasteiger partial charge in [0.1, 0.15) is 5.75 Å². The van der Waals surface area contributed by atoms with Crippen LogP contribution in [0.15, 0.2) is 12.1 Å². The predicted octanol–water partition coefficient (Wildman–Crippen LogP) is 2.08. The molecule has 0 saturated heterocycles. The standard InChI is InChI=1S/C16H25N5O/c1-11-8-13(9-12(2)15(11)22)6-7-17-10-14-18-20-21(19-14)16(3,4)5/h8-9,17,22H,6-7,10H2,1-5H3. The number of aromatic nitrogens is 4. The van der Waals surface area contributed by atoms with Gasteiger partial charge in [0.2, 0.25) is 0 Å². The zero-order valence-corrected chi connectivity index (χ0v) is 14.0. The van der Waals surface area contributed by atoms with Crippen LogP contribution in [0.4, 0.5) is 0 Å². The molecule has 0 saturated carbocycles. The van der Waals surface area contributed by atoms with E-state index in [4.69, 9.17) is 0 Å². The molecule has 2 rings (SSSR count). The number of tetrazole rings is 1. The summed E-state index contributed by atoms with van der Waals surface area (Å²) in [7, 11) is 0. The van der Waals surface area contributed by atoms with E-state index in [1.165, 1.54) is 5.56 Å². The molecule has 1 aromatic heterocycles. The Labute approximate surface area is 131 Å². The summed E-state index contributed by atoms with van der Waals surface area (Å²) in [6.07, 6.45) is 0.898. The Morgan fingerprint density at radius 1 is 1.18 bits per heavy atom. The summed E-state index contributed by atoms with van der Waals surface area (Å²) in [5, 5.41) is 25.6. The highest BCUT2D eigenvalue weighted by Crippen LogP contribution is 2.22. The third kappa shape index (κ3) is 4.04. The molecule has 22 heavy (non-hydrogen) atoms. The maximum Gasteiger partial charge on any atom is 0.188 e. The zero-order chi connectivity index (χ0) is 16.3. The number of hydrogen-bond donors (Lipinski definition) is 2. The third-order valence-corrected chi connectivity index (χ3v) is 3.48. The highest BCUT2D eigenvalue weighted by atomic mass is 16.3. The van der Waals surface area contributed by atoms with Gasteiger partial charge in [-0.15, -0.1) is 10.2 Å². The molecule has 0 aliphatic heterocycles. The Kier molecular flexibility index (Phi) is 4.81. The molecule has 6 heteroatoms. The SMILES string of the molecule is Cc1cc(CCNCc2nnn(C(C)(C)C)n2)cc(C)c1O. The van der Waals surface area contributed by atoms with Gasteiger partial charge < -0.3 is 10.4 Å². The quantitative estimate of drug-likeness (QED) is 0.827. The second-order valence-electron chi connectivity index (χ2n) is 6.67. The van der Waals surface area contributed by atoms with Crippen LogP contribution >= 0.6 is 0 Å². The van der Waals surface area contributed by atoms with Gasteiger partial charge in [-0.05, 0) is 69.5 Å². The molecule has 0 unspecified atom stereocenters. The molecule has 1 heterocycles. The number of aromatic hydroxyl groups is 1. The Morgan fingerprint density at radius 3 is 2.36 bits per heavy atom. The molecule has 6 nitrogen and oxygen atoms in total. The number of rotatable bonds is 5. The molecule has 0 amide bonds. The molecule has 0 radical (unpaired) electrons. The van der Waals surface area contributed by atoms with Crippen molar-refractivity contribution >= 4 is 0 Å². The average Bonchev–Trinajstić information content (AvgIpc) is 2.89. The van der Waals surface area contributed by atoms with Crippen LogP contribution in [0.2, 0.25) is 0 Å². The fourth-order valence-corrected chi connectivity index (χ4v) is 2.22. The predicted molar refractivity (Wildman–Crippen MR) is 85.8 cm³/mol. The van der Waals surface area contributed by atoms with E-state index in [0.717, 1.165) is 24.1 Å². The Hall–Kier alpha value is -1.95. The number of nitrogens with one attached hydrogen (secondary N) is 1. The van der Waals surface area contributed by atoms with Crippen LogP contribution in [0.25, 0.3) is 0 Å². The molecule has 120 valence electrons. The Morgan fingerprint density at radius 2 is 1.82 bits per heavy atom. The molecular weight excluding hydrogens is 278 g/mol. The first kappa shape index (κ1) is 16.4. The molecule has 2 N–H and O–H groups in total. The highest BCUT2D eigenvalue weighted by Gasteiger charge is 2.16. The minimum atomic E-state index is -0.146. The van der Waals surface area contributed by atoms with Crippen molar-refractivity contribution in [3.05, 3.63) is 34.6 Å². The van der Waals surface area contributed by atoms with Gasteiger partial charge in [0.15, 0.2) is 5.82 Å². The van der Waals surface area contributed by atoms with Crippen LogP contribution in [-0.2, 0) is 18.5 Å². The van der Waals surface area contributed by atoms with Crippen LogP contribution in [0.5, 0.6) is 5.75 Å². The van der Waals surface area contributed by atoms with Crippen molar-refractivity contribution < 1.29 is 5.11 Å². The van der Waals surface area contributed by atoms with Gasteiger partial charge >= 0.3 is 0 Å². The molecule has 1 aromatic carbocycles. The largest absolute Gasteiger partial charge is 0.507 e. The maximum atomic E-state index is 9.78. The summed E-state index contributed by atoms with van der Waals surface area (Å²) < 4.78 is 0. The number of aryl methyl sites for hydroxylation is 2. The molecular formula is C16H25N5O. The van der Waals surface area contributed by atoms with E-state index in [-0.39, 0.29) is 5.54 Å². The van der Waals surface area contributed by atoms with Gasteiger partial charge in [0, 0.05) is 0 Å². The van der Waals surface area contributed by atoms with Crippen LogP contribution in [0.1, 0.15) is 43.3 Å². The van der Waals surface area contributed by atoms with Crippen LogP contribution in [-0.4, -0.2) is 31.9 Å². The van der Waals surface area contributed by atoms with Crippen molar-refractivity contribution in [3.63, 3.8) is 0 Å². The van der Waals surface area contributed by atoms with Crippen molar-refractivity contribution in [2.45, 2.75) is 53.1 Å². The fraction of sp³-hybridized carbons (Fsp3) is 0.562. The summed E-state index contributed by atoms with van der Waals surface area (Å²) in [4.78, 5) is 1.64. The first-order valence-electron chi connectivity index (χ1n) is 7.56. The van der Waals surface area contributed by atoms with Crippen LogP contribution in [0, 0.1) is 13.8 Å². The Balaban J connectivity index is 1.84. The van der Waals surface area contributed by atoms with Crippen molar-refractivity contribution in [2.24, 2.45) is 0 Å². The number of nitrogens with zero attached hydrogens (tertiary/aromatic N) is 4. The van der Waals surface area contributed by atoms with E-state index in [9.17, 15) is 5.11 Å². The summed E-state index contributed by atoms with van der Waals surface area (Å²) in [6, 6.07) is 4.05. The van der Waals surface area contributed by atoms with Crippen molar-refractivity contribution in [3.8, 4) is 5.75 Å². The zero-order valence-electron chi connectivity index (χ0n) is 14.0. The molecule has 0 spiro atoms. The maximum absolute atomic E-state index is 9.78. The van der Waals surface area contributed by atoms with E-state index in [1.807, 2.05) is 46.8 Å². The monoisotopic (exact) mass is 303 g/mol. The summed E-state index contributed by atoms with van der Waals surface area (Å²) in [6.45, 7) is 11.4. The lowest BCUT2D eigenvalue weighted by atomic mass is 10.0. The van der Waals surface area contributed by atoms with Crippen molar-refractivity contribution in [1.82, 2.24) is 25.5 Å². The van der Waals surface area contributed by atoms with Gasteiger partial charge in [-0.2, -0.15) is 4.80 Å². The second kappa shape index (κ2) is 6.44. The van der Waals surface area contributed by atoms with Crippen molar-refractivity contribution in [2.75, 3.05) is 6.54 Å². The van der Waals surface area contributed by atoms with Gasteiger partial charge in [-0.25, -0.2) is 0 Å². The van der Waals surface area contributed by atoms with E-state index in [1.54, 1.807) is 4.80 Å². The lowest BCUT2D eigenvalue weighted by Gasteiger charge is -2.15. The van der Waals surface area contributed by atoms with Gasteiger partial charge in [0.25, 0.3) is 0 Å². The number of phenolic OH excluding ortho intramolecular Hbond substituents is 1. The molecule has 0 fully saturated rings.